The lowest BCUT2D eigenvalue weighted by Gasteiger charge is -2.07. The maximum absolute atomic E-state index is 11.2. The van der Waals surface area contributed by atoms with Crippen molar-refractivity contribution >= 4 is 6.09 Å². The van der Waals surface area contributed by atoms with E-state index in [0.29, 0.717) is 13.2 Å². The molecule has 0 saturated carbocycles. The van der Waals surface area contributed by atoms with Gasteiger partial charge in [0, 0.05) is 13.1 Å². The van der Waals surface area contributed by atoms with Crippen molar-refractivity contribution in [2.45, 2.75) is 32.7 Å². The highest BCUT2D eigenvalue weighted by molar-refractivity contribution is 5.66. The fourth-order valence-electron chi connectivity index (χ4n) is 1.61. The van der Waals surface area contributed by atoms with Crippen molar-refractivity contribution in [2.24, 2.45) is 0 Å². The number of alkyl carbamates (subject to hydrolysis) is 1. The molecule has 0 aliphatic rings. The number of amides is 1. The molecule has 4 nitrogen and oxygen atoms in total. The molecule has 4 heteroatoms. The smallest absolute Gasteiger partial charge is 0.407 e. The van der Waals surface area contributed by atoms with Gasteiger partial charge >= 0.3 is 6.09 Å². The number of unbranched alkanes of at least 4 members (excludes halogenated alkanes) is 1. The van der Waals surface area contributed by atoms with Gasteiger partial charge in [0.05, 0.1) is 6.61 Å². The Balaban J connectivity index is 1.92. The van der Waals surface area contributed by atoms with Crippen LogP contribution < -0.4 is 10.6 Å². The number of carbonyl (C=O) groups is 1. The Morgan fingerprint density at radius 1 is 1.16 bits per heavy atom. The molecule has 0 radical (unpaired) electrons. The Morgan fingerprint density at radius 3 is 2.68 bits per heavy atom. The minimum Gasteiger partial charge on any atom is -0.450 e. The van der Waals surface area contributed by atoms with E-state index in [4.69, 9.17) is 4.74 Å². The maximum Gasteiger partial charge on any atom is 0.407 e. The molecule has 0 spiro atoms. The molecule has 0 saturated heterocycles. The highest BCUT2D eigenvalue weighted by atomic mass is 16.5. The highest BCUT2D eigenvalue weighted by Gasteiger charge is 1.99. The Labute approximate surface area is 115 Å². The summed E-state index contributed by atoms with van der Waals surface area (Å²) in [7, 11) is 0. The fraction of sp³-hybridized carbons (Fsp3) is 0.533. The van der Waals surface area contributed by atoms with Crippen LogP contribution >= 0.6 is 0 Å². The molecular weight excluding hydrogens is 240 g/mol. The van der Waals surface area contributed by atoms with Gasteiger partial charge in [-0.2, -0.15) is 0 Å². The van der Waals surface area contributed by atoms with E-state index in [0.717, 1.165) is 32.4 Å². The number of nitrogens with one attached hydrogen (secondary N) is 2. The van der Waals surface area contributed by atoms with Gasteiger partial charge < -0.3 is 15.4 Å². The summed E-state index contributed by atoms with van der Waals surface area (Å²) >= 11 is 0. The Kier molecular flexibility index (Phi) is 8.47. The summed E-state index contributed by atoms with van der Waals surface area (Å²) in [6.45, 7) is 4.94. The van der Waals surface area contributed by atoms with Crippen LogP contribution in [0.15, 0.2) is 30.3 Å². The minimum atomic E-state index is -0.309. The molecule has 0 heterocycles. The van der Waals surface area contributed by atoms with Crippen LogP contribution in [-0.4, -0.2) is 25.8 Å². The molecular formula is C15H24N2O2. The van der Waals surface area contributed by atoms with Gasteiger partial charge in [-0.1, -0.05) is 43.7 Å². The fourth-order valence-corrected chi connectivity index (χ4v) is 1.61. The van der Waals surface area contributed by atoms with Gasteiger partial charge in [0.2, 0.25) is 0 Å². The van der Waals surface area contributed by atoms with E-state index in [9.17, 15) is 4.79 Å². The lowest BCUT2D eigenvalue weighted by molar-refractivity contribution is 0.144. The summed E-state index contributed by atoms with van der Waals surface area (Å²) in [6.07, 6.45) is 2.59. The minimum absolute atomic E-state index is 0.309. The molecule has 2 N–H and O–H groups in total. The Morgan fingerprint density at radius 2 is 1.95 bits per heavy atom. The summed E-state index contributed by atoms with van der Waals surface area (Å²) in [5.41, 5.74) is 1.26. The van der Waals surface area contributed by atoms with Gasteiger partial charge in [-0.25, -0.2) is 4.79 Å². The molecule has 0 unspecified atom stereocenters. The van der Waals surface area contributed by atoms with Gasteiger partial charge in [0.1, 0.15) is 0 Å². The molecule has 1 aromatic rings. The zero-order valence-electron chi connectivity index (χ0n) is 11.7. The average molecular weight is 264 g/mol. The van der Waals surface area contributed by atoms with Crippen LogP contribution in [0.3, 0.4) is 0 Å². The third kappa shape index (κ3) is 8.21. The largest absolute Gasteiger partial charge is 0.450 e. The standard InChI is InChI=1S/C15H24N2O2/c1-2-3-11-17-15(18)19-12-7-10-16-13-14-8-5-4-6-9-14/h4-6,8-9,16H,2-3,7,10-13H2,1H3,(H,17,18). The lowest BCUT2D eigenvalue weighted by Crippen LogP contribution is -2.26. The van der Waals surface area contributed by atoms with Crippen LogP contribution in [0.2, 0.25) is 0 Å². The van der Waals surface area contributed by atoms with E-state index in [2.05, 4.69) is 29.7 Å². The van der Waals surface area contributed by atoms with Gasteiger partial charge in [-0.3, -0.25) is 0 Å². The Bertz CT molecular complexity index is 341. The Hall–Kier alpha value is -1.55. The molecule has 0 fully saturated rings. The van der Waals surface area contributed by atoms with Crippen LogP contribution in [0.5, 0.6) is 0 Å². The third-order valence-electron chi connectivity index (χ3n) is 2.70. The number of carbonyl (C=O) groups excluding carboxylic acids is 1. The van der Waals surface area contributed by atoms with E-state index in [1.54, 1.807) is 0 Å². The highest BCUT2D eigenvalue weighted by Crippen LogP contribution is 1.97. The van der Waals surface area contributed by atoms with Gasteiger partial charge in [-0.15, -0.1) is 0 Å². The van der Waals surface area contributed by atoms with Crippen LogP contribution in [-0.2, 0) is 11.3 Å². The molecule has 106 valence electrons. The molecule has 1 aromatic carbocycles. The van der Waals surface area contributed by atoms with E-state index < -0.39 is 0 Å². The molecule has 19 heavy (non-hydrogen) atoms. The van der Waals surface area contributed by atoms with Crippen molar-refractivity contribution in [1.29, 1.82) is 0 Å². The van der Waals surface area contributed by atoms with Crippen molar-refractivity contribution in [3.05, 3.63) is 35.9 Å². The molecule has 0 aliphatic heterocycles. The van der Waals surface area contributed by atoms with Crippen molar-refractivity contribution < 1.29 is 9.53 Å². The number of rotatable bonds is 9. The van der Waals surface area contributed by atoms with E-state index in [1.807, 2.05) is 18.2 Å². The summed E-state index contributed by atoms with van der Waals surface area (Å²) in [6, 6.07) is 10.2. The topological polar surface area (TPSA) is 50.4 Å². The number of hydrogen-bond donors (Lipinski definition) is 2. The SMILES string of the molecule is CCCCNC(=O)OCCCNCc1ccccc1. The summed E-state index contributed by atoms with van der Waals surface area (Å²) < 4.78 is 5.05. The van der Waals surface area contributed by atoms with Crippen LogP contribution in [0, 0.1) is 0 Å². The first-order valence-corrected chi connectivity index (χ1v) is 6.98. The summed E-state index contributed by atoms with van der Waals surface area (Å²) in [4.78, 5) is 11.2. The van der Waals surface area contributed by atoms with Crippen LogP contribution in [0.25, 0.3) is 0 Å². The molecule has 1 rings (SSSR count). The van der Waals surface area contributed by atoms with Crippen molar-refractivity contribution in [3.63, 3.8) is 0 Å². The van der Waals surface area contributed by atoms with E-state index >= 15 is 0 Å². The quantitative estimate of drug-likeness (QED) is 0.674. The monoisotopic (exact) mass is 264 g/mol. The molecule has 0 aromatic heterocycles. The molecule has 0 aliphatic carbocycles. The third-order valence-corrected chi connectivity index (χ3v) is 2.70. The van der Waals surface area contributed by atoms with Crippen LogP contribution in [0.1, 0.15) is 31.7 Å². The maximum atomic E-state index is 11.2. The van der Waals surface area contributed by atoms with Crippen molar-refractivity contribution in [1.82, 2.24) is 10.6 Å². The van der Waals surface area contributed by atoms with Crippen molar-refractivity contribution in [3.8, 4) is 0 Å². The summed E-state index contributed by atoms with van der Waals surface area (Å²) in [5, 5.41) is 6.03. The predicted octanol–water partition coefficient (Wildman–Crippen LogP) is 2.69. The first-order chi connectivity index (χ1) is 9.33. The zero-order chi connectivity index (χ0) is 13.8. The average Bonchev–Trinajstić information content (AvgIpc) is 2.44. The zero-order valence-corrected chi connectivity index (χ0v) is 11.7. The van der Waals surface area contributed by atoms with E-state index in [-0.39, 0.29) is 6.09 Å². The lowest BCUT2D eigenvalue weighted by atomic mass is 10.2. The number of benzene rings is 1. The van der Waals surface area contributed by atoms with Gasteiger partial charge in [0.15, 0.2) is 0 Å². The normalized spacial score (nSPS) is 10.2. The van der Waals surface area contributed by atoms with Crippen molar-refractivity contribution in [2.75, 3.05) is 19.7 Å². The van der Waals surface area contributed by atoms with Gasteiger partial charge in [-0.05, 0) is 24.9 Å². The second-order valence-electron chi connectivity index (χ2n) is 4.43. The molecule has 0 bridgehead atoms. The van der Waals surface area contributed by atoms with Gasteiger partial charge in [0.25, 0.3) is 0 Å². The van der Waals surface area contributed by atoms with E-state index in [1.165, 1.54) is 5.56 Å². The first-order valence-electron chi connectivity index (χ1n) is 6.98. The summed E-state index contributed by atoms with van der Waals surface area (Å²) in [5.74, 6) is 0. The second kappa shape index (κ2) is 10.4. The molecule has 0 atom stereocenters. The van der Waals surface area contributed by atoms with Crippen LogP contribution in [0.4, 0.5) is 4.79 Å². The predicted molar refractivity (Wildman–Crippen MR) is 77.0 cm³/mol. The number of hydrogen-bond acceptors (Lipinski definition) is 3. The number of ether oxygens (including phenoxy) is 1. The molecule has 1 amide bonds. The second-order valence-corrected chi connectivity index (χ2v) is 4.43. The first kappa shape index (κ1) is 15.5.